The Balaban J connectivity index is 1.52. The summed E-state index contributed by atoms with van der Waals surface area (Å²) in [4.78, 5) is 14.2. The molecule has 3 aromatic rings. The number of carbonyl (C=O) groups is 1. The van der Waals surface area contributed by atoms with Gasteiger partial charge in [0.25, 0.3) is 5.91 Å². The molecule has 2 atom stereocenters. The summed E-state index contributed by atoms with van der Waals surface area (Å²) in [6, 6.07) is 16.0. The number of rotatable bonds is 6. The number of furan rings is 1. The van der Waals surface area contributed by atoms with Crippen molar-refractivity contribution in [1.29, 1.82) is 0 Å². The molecule has 0 unspecified atom stereocenters. The van der Waals surface area contributed by atoms with Gasteiger partial charge in [-0.3, -0.25) is 4.79 Å². The van der Waals surface area contributed by atoms with Crippen LogP contribution in [0.3, 0.4) is 0 Å². The molecule has 2 aromatic heterocycles. The van der Waals surface area contributed by atoms with E-state index in [9.17, 15) is 4.79 Å². The number of nitrogens with one attached hydrogen (secondary N) is 1. The first-order valence-electron chi connectivity index (χ1n) is 9.38. The van der Waals surface area contributed by atoms with Crippen LogP contribution in [0.25, 0.3) is 0 Å². The van der Waals surface area contributed by atoms with Gasteiger partial charge in [0.15, 0.2) is 0 Å². The molecule has 1 N–H and O–H groups in total. The van der Waals surface area contributed by atoms with Gasteiger partial charge in [-0.2, -0.15) is 5.10 Å². The number of amides is 1. The van der Waals surface area contributed by atoms with Crippen LogP contribution in [0.2, 0.25) is 0 Å². The molecule has 5 nitrogen and oxygen atoms in total. The molecule has 0 fully saturated rings. The molecule has 1 aliphatic rings. The van der Waals surface area contributed by atoms with E-state index < -0.39 is 0 Å². The number of aryl methyl sites for hydroxylation is 1. The van der Waals surface area contributed by atoms with Gasteiger partial charge in [-0.05, 0) is 43.0 Å². The monoisotopic (exact) mass is 393 g/mol. The molecular weight excluding hydrogens is 370 g/mol. The standard InChI is InChI=1S/C22H23N3O2S/c1-15-7-9-17(10-8-15)18-13-19(20-5-3-11-27-20)25(24-18)22(26)14-23-16(2)21-6-4-12-28-21/h3-12,16,19,23H,13-14H2,1-2H3/t16-,19-/m0/s1. The lowest BCUT2D eigenvalue weighted by Crippen LogP contribution is -2.36. The van der Waals surface area contributed by atoms with Crippen molar-refractivity contribution in [3.63, 3.8) is 0 Å². The van der Waals surface area contributed by atoms with Crippen LogP contribution in [0.1, 0.15) is 47.2 Å². The molecule has 0 bridgehead atoms. The van der Waals surface area contributed by atoms with E-state index in [0.717, 1.165) is 17.0 Å². The van der Waals surface area contributed by atoms with Crippen LogP contribution in [0.15, 0.2) is 69.7 Å². The molecule has 0 radical (unpaired) electrons. The maximum atomic E-state index is 13.0. The Morgan fingerprint density at radius 2 is 2.11 bits per heavy atom. The van der Waals surface area contributed by atoms with Crippen LogP contribution < -0.4 is 5.32 Å². The van der Waals surface area contributed by atoms with Crippen LogP contribution in [0, 0.1) is 6.92 Å². The van der Waals surface area contributed by atoms with E-state index in [0.29, 0.717) is 6.42 Å². The summed E-state index contributed by atoms with van der Waals surface area (Å²) in [6.45, 7) is 4.34. The van der Waals surface area contributed by atoms with Crippen molar-refractivity contribution >= 4 is 23.0 Å². The summed E-state index contributed by atoms with van der Waals surface area (Å²) in [7, 11) is 0. The minimum Gasteiger partial charge on any atom is -0.467 e. The molecule has 0 spiro atoms. The van der Waals surface area contributed by atoms with Crippen molar-refractivity contribution in [3.8, 4) is 0 Å². The Kier molecular flexibility index (Phi) is 5.41. The molecule has 28 heavy (non-hydrogen) atoms. The third-order valence-corrected chi connectivity index (χ3v) is 6.01. The topological polar surface area (TPSA) is 57.8 Å². The molecule has 1 aromatic carbocycles. The second-order valence-corrected chi connectivity index (χ2v) is 7.98. The van der Waals surface area contributed by atoms with E-state index in [-0.39, 0.29) is 24.5 Å². The molecule has 144 valence electrons. The molecule has 6 heteroatoms. The van der Waals surface area contributed by atoms with Crippen molar-refractivity contribution in [3.05, 3.63) is 81.9 Å². The number of hydrazone groups is 1. The zero-order valence-corrected chi connectivity index (χ0v) is 16.8. The Hall–Kier alpha value is -2.70. The lowest BCUT2D eigenvalue weighted by molar-refractivity contribution is -0.132. The van der Waals surface area contributed by atoms with E-state index in [4.69, 9.17) is 4.42 Å². The van der Waals surface area contributed by atoms with Crippen molar-refractivity contribution in [1.82, 2.24) is 10.3 Å². The Labute approximate surface area is 168 Å². The Morgan fingerprint density at radius 3 is 2.79 bits per heavy atom. The van der Waals surface area contributed by atoms with Gasteiger partial charge in [-0.15, -0.1) is 11.3 Å². The first-order valence-corrected chi connectivity index (χ1v) is 10.3. The molecular formula is C22H23N3O2S. The maximum Gasteiger partial charge on any atom is 0.257 e. The molecule has 0 saturated carbocycles. The van der Waals surface area contributed by atoms with Gasteiger partial charge in [0.2, 0.25) is 0 Å². The second-order valence-electron chi connectivity index (χ2n) is 7.00. The van der Waals surface area contributed by atoms with Crippen molar-refractivity contribution in [2.75, 3.05) is 6.54 Å². The minimum absolute atomic E-state index is 0.0630. The van der Waals surface area contributed by atoms with Crippen molar-refractivity contribution < 1.29 is 9.21 Å². The number of carbonyl (C=O) groups excluding carboxylic acids is 1. The fraction of sp³-hybridized carbons (Fsp3) is 0.273. The zero-order valence-electron chi connectivity index (χ0n) is 16.0. The first-order chi connectivity index (χ1) is 13.6. The van der Waals surface area contributed by atoms with E-state index >= 15 is 0 Å². The minimum atomic E-state index is -0.211. The van der Waals surface area contributed by atoms with Gasteiger partial charge in [0.05, 0.1) is 18.5 Å². The summed E-state index contributed by atoms with van der Waals surface area (Å²) in [5.41, 5.74) is 3.14. The molecule has 1 aliphatic heterocycles. The predicted molar refractivity (Wildman–Crippen MR) is 111 cm³/mol. The van der Waals surface area contributed by atoms with Crippen molar-refractivity contribution in [2.24, 2.45) is 5.10 Å². The third-order valence-electron chi connectivity index (χ3n) is 4.95. The van der Waals surface area contributed by atoms with Gasteiger partial charge < -0.3 is 9.73 Å². The summed E-state index contributed by atoms with van der Waals surface area (Å²) >= 11 is 1.68. The van der Waals surface area contributed by atoms with Crippen LogP contribution >= 0.6 is 11.3 Å². The normalized spacial score (nSPS) is 17.6. The predicted octanol–water partition coefficient (Wildman–Crippen LogP) is 4.68. The van der Waals surface area contributed by atoms with E-state index in [1.165, 1.54) is 10.4 Å². The van der Waals surface area contributed by atoms with Crippen LogP contribution in [0.5, 0.6) is 0 Å². The fourth-order valence-corrected chi connectivity index (χ4v) is 4.08. The van der Waals surface area contributed by atoms with Gasteiger partial charge >= 0.3 is 0 Å². The third kappa shape index (κ3) is 3.93. The number of hydrogen-bond acceptors (Lipinski definition) is 5. The molecule has 3 heterocycles. The highest BCUT2D eigenvalue weighted by Gasteiger charge is 2.34. The van der Waals surface area contributed by atoms with Crippen molar-refractivity contribution in [2.45, 2.75) is 32.4 Å². The highest BCUT2D eigenvalue weighted by molar-refractivity contribution is 7.10. The summed E-state index contributed by atoms with van der Waals surface area (Å²) in [6.07, 6.45) is 2.28. The van der Waals surface area contributed by atoms with Crippen LogP contribution in [-0.2, 0) is 4.79 Å². The fourth-order valence-electron chi connectivity index (χ4n) is 3.32. The largest absolute Gasteiger partial charge is 0.467 e. The van der Waals surface area contributed by atoms with Gasteiger partial charge in [-0.1, -0.05) is 35.9 Å². The van der Waals surface area contributed by atoms with E-state index in [1.807, 2.05) is 23.6 Å². The lowest BCUT2D eigenvalue weighted by Gasteiger charge is -2.21. The summed E-state index contributed by atoms with van der Waals surface area (Å²) in [5, 5.41) is 11.6. The Morgan fingerprint density at radius 1 is 1.29 bits per heavy atom. The summed E-state index contributed by atoms with van der Waals surface area (Å²) in [5.74, 6) is 0.692. The smallest absolute Gasteiger partial charge is 0.257 e. The number of benzene rings is 1. The van der Waals surface area contributed by atoms with Crippen LogP contribution in [-0.4, -0.2) is 23.2 Å². The Bertz CT molecular complexity index is 946. The maximum absolute atomic E-state index is 13.0. The number of nitrogens with zero attached hydrogens (tertiary/aromatic N) is 2. The lowest BCUT2D eigenvalue weighted by atomic mass is 10.0. The number of hydrogen-bond donors (Lipinski definition) is 1. The van der Waals surface area contributed by atoms with E-state index in [2.05, 4.69) is 54.6 Å². The zero-order chi connectivity index (χ0) is 19.5. The molecule has 0 aliphatic carbocycles. The highest BCUT2D eigenvalue weighted by atomic mass is 32.1. The van der Waals surface area contributed by atoms with E-state index in [1.54, 1.807) is 22.6 Å². The molecule has 0 saturated heterocycles. The molecule has 1 amide bonds. The van der Waals surface area contributed by atoms with Gasteiger partial charge in [0.1, 0.15) is 11.8 Å². The number of thiophene rings is 1. The first kappa shape index (κ1) is 18.7. The quantitative estimate of drug-likeness (QED) is 0.662. The average molecular weight is 394 g/mol. The SMILES string of the molecule is Cc1ccc(C2=NN(C(=O)CN[C@@H](C)c3cccs3)[C@H](c3ccco3)C2)cc1. The van der Waals surface area contributed by atoms with Gasteiger partial charge in [0, 0.05) is 17.3 Å². The van der Waals surface area contributed by atoms with Crippen LogP contribution in [0.4, 0.5) is 0 Å². The average Bonchev–Trinajstić information content (AvgIpc) is 3.47. The second kappa shape index (κ2) is 8.12. The highest BCUT2D eigenvalue weighted by Crippen LogP contribution is 2.33. The van der Waals surface area contributed by atoms with Gasteiger partial charge in [-0.25, -0.2) is 5.01 Å². The summed E-state index contributed by atoms with van der Waals surface area (Å²) < 4.78 is 5.60. The molecule has 4 rings (SSSR count).